The zero-order valence-corrected chi connectivity index (χ0v) is 23.3. The Morgan fingerprint density at radius 2 is 1.79 bits per heavy atom. The van der Waals surface area contributed by atoms with Crippen LogP contribution in [0.4, 0.5) is 0 Å². The van der Waals surface area contributed by atoms with Crippen LogP contribution in [0.5, 0.6) is 5.75 Å². The number of amides is 2. The van der Waals surface area contributed by atoms with Gasteiger partial charge in [0, 0.05) is 54.7 Å². The third-order valence-electron chi connectivity index (χ3n) is 7.98. The molecule has 0 unspecified atom stereocenters. The molecule has 2 amide bonds. The van der Waals surface area contributed by atoms with Gasteiger partial charge in [0.2, 0.25) is 5.91 Å². The van der Waals surface area contributed by atoms with Crippen molar-refractivity contribution >= 4 is 29.1 Å². The van der Waals surface area contributed by atoms with Crippen LogP contribution in [0, 0.1) is 5.92 Å². The number of methoxy groups -OCH3 is 1. The third kappa shape index (κ3) is 6.45. The van der Waals surface area contributed by atoms with Gasteiger partial charge >= 0.3 is 0 Å². The number of ether oxygens (including phenoxy) is 2. The van der Waals surface area contributed by atoms with Crippen molar-refractivity contribution in [3.05, 3.63) is 64.7 Å². The zero-order valence-electron chi connectivity index (χ0n) is 22.6. The molecule has 0 radical (unpaired) electrons. The van der Waals surface area contributed by atoms with Crippen LogP contribution in [0.3, 0.4) is 0 Å². The minimum Gasteiger partial charge on any atom is -0.496 e. The lowest BCUT2D eigenvalue weighted by molar-refractivity contribution is -0.144. The first kappa shape index (κ1) is 27.6. The summed E-state index contributed by atoms with van der Waals surface area (Å²) in [6.07, 6.45) is 4.41. The van der Waals surface area contributed by atoms with Crippen molar-refractivity contribution in [1.29, 1.82) is 0 Å². The van der Waals surface area contributed by atoms with E-state index in [2.05, 4.69) is 4.90 Å². The summed E-state index contributed by atoms with van der Waals surface area (Å²) in [5.41, 5.74) is 2.42. The number of carbonyl (C=O) groups is 2. The zero-order chi connectivity index (χ0) is 27.2. The fourth-order valence-corrected chi connectivity index (χ4v) is 6.05. The van der Waals surface area contributed by atoms with E-state index in [9.17, 15) is 9.59 Å². The number of nitrogens with zero attached hydrogens (tertiary/aromatic N) is 4. The van der Waals surface area contributed by atoms with E-state index in [1.807, 2.05) is 48.5 Å². The van der Waals surface area contributed by atoms with E-state index in [0.29, 0.717) is 37.0 Å². The maximum atomic E-state index is 14.0. The van der Waals surface area contributed by atoms with Crippen LogP contribution in [0.25, 0.3) is 0 Å². The predicted octanol–water partition coefficient (Wildman–Crippen LogP) is 4.38. The second kappa shape index (κ2) is 12.9. The number of benzene rings is 2. The van der Waals surface area contributed by atoms with Gasteiger partial charge in [-0.3, -0.25) is 14.5 Å². The molecule has 0 aromatic heterocycles. The van der Waals surface area contributed by atoms with E-state index >= 15 is 0 Å². The van der Waals surface area contributed by atoms with E-state index in [0.717, 1.165) is 62.2 Å². The van der Waals surface area contributed by atoms with Gasteiger partial charge in [-0.05, 0) is 25.0 Å². The number of para-hydroxylation sites is 1. The van der Waals surface area contributed by atoms with Crippen molar-refractivity contribution in [3.8, 4) is 5.75 Å². The van der Waals surface area contributed by atoms with Crippen LogP contribution in [-0.2, 0) is 14.3 Å². The molecule has 0 spiro atoms. The van der Waals surface area contributed by atoms with Crippen molar-refractivity contribution in [2.75, 3.05) is 53.0 Å². The van der Waals surface area contributed by atoms with Crippen LogP contribution in [-0.4, -0.2) is 85.4 Å². The first-order valence-corrected chi connectivity index (χ1v) is 14.3. The van der Waals surface area contributed by atoms with Gasteiger partial charge in [-0.2, -0.15) is 5.10 Å². The summed E-state index contributed by atoms with van der Waals surface area (Å²) in [7, 11) is 1.63. The largest absolute Gasteiger partial charge is 0.496 e. The van der Waals surface area contributed by atoms with Crippen LogP contribution < -0.4 is 4.74 Å². The number of carbonyl (C=O) groups excluding carboxylic acids is 2. The third-order valence-corrected chi connectivity index (χ3v) is 8.31. The molecule has 2 fully saturated rings. The molecule has 2 aromatic carbocycles. The molecule has 2 heterocycles. The van der Waals surface area contributed by atoms with Gasteiger partial charge in [0.25, 0.3) is 5.91 Å². The summed E-state index contributed by atoms with van der Waals surface area (Å²) in [6.45, 7) is 4.30. The Bertz CT molecular complexity index is 1190. The molecule has 5 rings (SSSR count). The van der Waals surface area contributed by atoms with E-state index in [1.165, 1.54) is 0 Å². The van der Waals surface area contributed by atoms with E-state index in [4.69, 9.17) is 26.2 Å². The Morgan fingerprint density at radius 1 is 1.08 bits per heavy atom. The Hall–Kier alpha value is -2.94. The number of hydrogen-bond donors (Lipinski definition) is 0. The van der Waals surface area contributed by atoms with Crippen molar-refractivity contribution in [2.24, 2.45) is 11.0 Å². The van der Waals surface area contributed by atoms with Crippen molar-refractivity contribution in [1.82, 2.24) is 14.8 Å². The SMILES string of the molecule is COc1ccccc1[C@@H]1CC(c2ccccc2Cl)=NN1C(=O)CN(CCN1CCOCC1)C(=O)C1CCCC1. The molecule has 39 heavy (non-hydrogen) atoms. The number of hydrogen-bond acceptors (Lipinski definition) is 6. The fraction of sp³-hybridized carbons (Fsp3) is 0.500. The molecule has 1 aliphatic carbocycles. The molecule has 2 aromatic rings. The molecule has 1 saturated heterocycles. The van der Waals surface area contributed by atoms with Gasteiger partial charge in [-0.25, -0.2) is 5.01 Å². The number of halogens is 1. The van der Waals surface area contributed by atoms with E-state index < -0.39 is 0 Å². The molecule has 208 valence electrons. The predicted molar refractivity (Wildman–Crippen MR) is 151 cm³/mol. The molecular weight excluding hydrogens is 516 g/mol. The minimum atomic E-state index is -0.359. The van der Waals surface area contributed by atoms with Crippen LogP contribution in [0.15, 0.2) is 53.6 Å². The van der Waals surface area contributed by atoms with Crippen molar-refractivity contribution in [3.63, 3.8) is 0 Å². The summed E-state index contributed by atoms with van der Waals surface area (Å²) >= 11 is 6.52. The van der Waals surface area contributed by atoms with Crippen LogP contribution in [0.2, 0.25) is 5.02 Å². The molecule has 0 bridgehead atoms. The Kier molecular flexibility index (Phi) is 9.17. The fourth-order valence-electron chi connectivity index (χ4n) is 5.80. The topological polar surface area (TPSA) is 74.7 Å². The van der Waals surface area contributed by atoms with Gasteiger partial charge in [0.05, 0.1) is 32.1 Å². The summed E-state index contributed by atoms with van der Waals surface area (Å²) in [6, 6.07) is 14.9. The van der Waals surface area contributed by atoms with Crippen molar-refractivity contribution < 1.29 is 19.1 Å². The lowest BCUT2D eigenvalue weighted by Gasteiger charge is -2.32. The molecular formula is C30H37ClN4O4. The van der Waals surface area contributed by atoms with Gasteiger partial charge in [-0.15, -0.1) is 0 Å². The summed E-state index contributed by atoms with van der Waals surface area (Å²) in [4.78, 5) is 31.6. The lowest BCUT2D eigenvalue weighted by atomic mass is 9.97. The molecule has 2 aliphatic heterocycles. The molecule has 8 nitrogen and oxygen atoms in total. The summed E-state index contributed by atoms with van der Waals surface area (Å²) in [5, 5.41) is 6.94. The average Bonchev–Trinajstić information content (AvgIpc) is 3.67. The van der Waals surface area contributed by atoms with Crippen molar-refractivity contribution in [2.45, 2.75) is 38.1 Å². The first-order chi connectivity index (χ1) is 19.0. The van der Waals surface area contributed by atoms with Crippen LogP contribution in [0.1, 0.15) is 49.3 Å². The highest BCUT2D eigenvalue weighted by molar-refractivity contribution is 6.34. The smallest absolute Gasteiger partial charge is 0.262 e. The average molecular weight is 553 g/mol. The number of morpholine rings is 1. The summed E-state index contributed by atoms with van der Waals surface area (Å²) in [5.74, 6) is 0.564. The van der Waals surface area contributed by atoms with Gasteiger partial charge in [-0.1, -0.05) is 60.8 Å². The van der Waals surface area contributed by atoms with Crippen LogP contribution >= 0.6 is 11.6 Å². The summed E-state index contributed by atoms with van der Waals surface area (Å²) < 4.78 is 11.1. The van der Waals surface area contributed by atoms with E-state index in [1.54, 1.807) is 17.0 Å². The minimum absolute atomic E-state index is 0.00623. The lowest BCUT2D eigenvalue weighted by Crippen LogP contribution is -2.48. The van der Waals surface area contributed by atoms with E-state index in [-0.39, 0.29) is 30.3 Å². The monoisotopic (exact) mass is 552 g/mol. The Morgan fingerprint density at radius 3 is 2.54 bits per heavy atom. The highest BCUT2D eigenvalue weighted by Crippen LogP contribution is 2.38. The number of rotatable bonds is 9. The molecule has 3 aliphatic rings. The van der Waals surface area contributed by atoms with Gasteiger partial charge in [0.1, 0.15) is 12.3 Å². The highest BCUT2D eigenvalue weighted by Gasteiger charge is 2.37. The maximum Gasteiger partial charge on any atom is 0.262 e. The van der Waals surface area contributed by atoms with Gasteiger partial charge < -0.3 is 14.4 Å². The standard InChI is InChI=1S/C30H37ClN4O4/c1-38-28-13-7-5-11-24(28)27-20-26(23-10-4-6-12-25(23)31)32-35(27)29(36)21-34(30(37)22-8-2-3-9-22)15-14-33-16-18-39-19-17-33/h4-7,10-13,22,27H,2-3,8-9,14-21H2,1H3/t27-/m0/s1. The number of hydrazone groups is 1. The highest BCUT2D eigenvalue weighted by atomic mass is 35.5. The quantitative estimate of drug-likeness (QED) is 0.461. The molecule has 1 atom stereocenters. The molecule has 9 heteroatoms. The second-order valence-electron chi connectivity index (χ2n) is 10.4. The Labute approximate surface area is 235 Å². The normalized spacial score (nSPS) is 20.2. The molecule has 0 N–H and O–H groups in total. The first-order valence-electron chi connectivity index (χ1n) is 13.9. The van der Waals surface area contributed by atoms with Gasteiger partial charge in [0.15, 0.2) is 0 Å². The maximum absolute atomic E-state index is 14.0. The second-order valence-corrected chi connectivity index (χ2v) is 10.8. The Balaban J connectivity index is 1.41. The molecule has 1 saturated carbocycles.